The number of halogens is 2. The van der Waals surface area contributed by atoms with Gasteiger partial charge in [0.25, 0.3) is 0 Å². The summed E-state index contributed by atoms with van der Waals surface area (Å²) < 4.78 is 0.973. The molecule has 1 aromatic carbocycles. The first-order valence-corrected chi connectivity index (χ1v) is 8.27. The van der Waals surface area contributed by atoms with Crippen molar-refractivity contribution in [3.8, 4) is 11.5 Å². The van der Waals surface area contributed by atoms with Gasteiger partial charge in [-0.1, -0.05) is 35.9 Å². The largest absolute Gasteiger partial charge is 0.252 e. The Hall–Kier alpha value is -1.27. The van der Waals surface area contributed by atoms with Crippen LogP contribution in [0.25, 0.3) is 22.3 Å². The predicted molar refractivity (Wildman–Crippen MR) is 92.5 cm³/mol. The van der Waals surface area contributed by atoms with E-state index in [0.29, 0.717) is 16.9 Å². The highest BCUT2D eigenvalue weighted by molar-refractivity contribution is 14.1. The monoisotopic (exact) mass is 407 g/mol. The summed E-state index contributed by atoms with van der Waals surface area (Å²) in [5.74, 6) is 1.16. The van der Waals surface area contributed by atoms with Crippen LogP contribution in [0.2, 0.25) is 5.15 Å². The lowest BCUT2D eigenvalue weighted by Crippen LogP contribution is -2.01. The standard InChI is InChI=1S/C16H11ClIN3/c17-15-12(18)13(10-5-6-10)20-16(21-15)14-11-4-2-1-3-9(11)7-8-19-14/h1-4,7-8,10H,5-6H2. The fraction of sp³-hybridized carbons (Fsp3) is 0.188. The molecule has 1 aliphatic rings. The van der Waals surface area contributed by atoms with Crippen LogP contribution in [0.15, 0.2) is 36.5 Å². The topological polar surface area (TPSA) is 38.7 Å². The maximum absolute atomic E-state index is 6.31. The third-order valence-electron chi connectivity index (χ3n) is 3.69. The summed E-state index contributed by atoms with van der Waals surface area (Å²) in [4.78, 5) is 13.7. The Bertz CT molecular complexity index is 841. The number of pyridine rings is 1. The van der Waals surface area contributed by atoms with Gasteiger partial charge in [0.1, 0.15) is 10.8 Å². The van der Waals surface area contributed by atoms with Crippen molar-refractivity contribution in [3.63, 3.8) is 0 Å². The molecule has 0 spiro atoms. The van der Waals surface area contributed by atoms with E-state index in [1.54, 1.807) is 6.20 Å². The molecule has 3 aromatic rings. The Labute approximate surface area is 140 Å². The lowest BCUT2D eigenvalue weighted by atomic mass is 10.1. The molecule has 0 amide bonds. The van der Waals surface area contributed by atoms with Crippen molar-refractivity contribution in [2.75, 3.05) is 0 Å². The maximum atomic E-state index is 6.31. The second-order valence-corrected chi connectivity index (χ2v) is 6.63. The van der Waals surface area contributed by atoms with Gasteiger partial charge in [0.15, 0.2) is 5.82 Å². The van der Waals surface area contributed by atoms with Gasteiger partial charge in [0, 0.05) is 17.5 Å². The van der Waals surface area contributed by atoms with Crippen LogP contribution in [-0.2, 0) is 0 Å². The molecule has 104 valence electrons. The molecule has 0 aliphatic heterocycles. The molecule has 0 radical (unpaired) electrons. The Kier molecular flexibility index (Phi) is 3.30. The van der Waals surface area contributed by atoms with Gasteiger partial charge >= 0.3 is 0 Å². The minimum absolute atomic E-state index is 0.525. The minimum Gasteiger partial charge on any atom is -0.252 e. The van der Waals surface area contributed by atoms with Crippen LogP contribution >= 0.6 is 34.2 Å². The molecule has 1 aliphatic carbocycles. The number of benzene rings is 1. The molecule has 2 heterocycles. The second-order valence-electron chi connectivity index (χ2n) is 5.19. The van der Waals surface area contributed by atoms with Gasteiger partial charge in [-0.15, -0.1) is 0 Å². The molecule has 1 saturated carbocycles. The van der Waals surface area contributed by atoms with Gasteiger partial charge in [-0.2, -0.15) is 0 Å². The van der Waals surface area contributed by atoms with E-state index in [-0.39, 0.29) is 0 Å². The fourth-order valence-electron chi connectivity index (χ4n) is 2.47. The first kappa shape index (κ1) is 13.4. The summed E-state index contributed by atoms with van der Waals surface area (Å²) in [6.45, 7) is 0. The predicted octanol–water partition coefficient (Wildman–Crippen LogP) is 4.83. The van der Waals surface area contributed by atoms with E-state index < -0.39 is 0 Å². The van der Waals surface area contributed by atoms with Crippen LogP contribution in [0.5, 0.6) is 0 Å². The van der Waals surface area contributed by atoms with Crippen molar-refractivity contribution in [2.45, 2.75) is 18.8 Å². The molecule has 2 aromatic heterocycles. The molecule has 21 heavy (non-hydrogen) atoms. The Morgan fingerprint density at radius 3 is 2.71 bits per heavy atom. The Morgan fingerprint density at radius 2 is 1.90 bits per heavy atom. The van der Waals surface area contributed by atoms with Crippen molar-refractivity contribution in [2.24, 2.45) is 0 Å². The molecule has 0 bridgehead atoms. The summed E-state index contributed by atoms with van der Waals surface area (Å²) in [7, 11) is 0. The molecule has 5 heteroatoms. The smallest absolute Gasteiger partial charge is 0.180 e. The normalized spacial score (nSPS) is 14.6. The first-order valence-electron chi connectivity index (χ1n) is 6.81. The maximum Gasteiger partial charge on any atom is 0.180 e. The Morgan fingerprint density at radius 1 is 1.10 bits per heavy atom. The molecule has 0 N–H and O–H groups in total. The molecule has 4 rings (SSSR count). The zero-order valence-electron chi connectivity index (χ0n) is 11.1. The van der Waals surface area contributed by atoms with E-state index in [1.807, 2.05) is 24.3 Å². The number of hydrogen-bond donors (Lipinski definition) is 0. The Balaban J connectivity index is 1.96. The van der Waals surface area contributed by atoms with Crippen molar-refractivity contribution >= 4 is 45.0 Å². The van der Waals surface area contributed by atoms with E-state index in [9.17, 15) is 0 Å². The minimum atomic E-state index is 0.525. The van der Waals surface area contributed by atoms with Crippen LogP contribution in [0, 0.1) is 3.57 Å². The highest BCUT2D eigenvalue weighted by atomic mass is 127. The SMILES string of the molecule is Clc1nc(-c2nccc3ccccc23)nc(C2CC2)c1I. The highest BCUT2D eigenvalue weighted by Crippen LogP contribution is 2.42. The van der Waals surface area contributed by atoms with Gasteiger partial charge in [-0.25, -0.2) is 9.97 Å². The van der Waals surface area contributed by atoms with E-state index >= 15 is 0 Å². The summed E-state index contributed by atoms with van der Waals surface area (Å²) in [6, 6.07) is 10.1. The fourth-order valence-corrected chi connectivity index (χ4v) is 3.33. The van der Waals surface area contributed by atoms with Crippen molar-refractivity contribution in [3.05, 3.63) is 50.9 Å². The zero-order valence-corrected chi connectivity index (χ0v) is 14.0. The second kappa shape index (κ2) is 5.18. The van der Waals surface area contributed by atoms with Gasteiger partial charge in [0.05, 0.1) is 9.26 Å². The number of rotatable bonds is 2. The van der Waals surface area contributed by atoms with E-state index in [0.717, 1.165) is 25.7 Å². The van der Waals surface area contributed by atoms with Crippen LogP contribution in [0.4, 0.5) is 0 Å². The zero-order chi connectivity index (χ0) is 14.4. The summed E-state index contributed by atoms with van der Waals surface area (Å²) in [5, 5.41) is 2.71. The highest BCUT2D eigenvalue weighted by Gasteiger charge is 2.29. The third kappa shape index (κ3) is 2.40. The number of aromatic nitrogens is 3. The number of nitrogens with zero attached hydrogens (tertiary/aromatic N) is 3. The lowest BCUT2D eigenvalue weighted by Gasteiger charge is -2.09. The van der Waals surface area contributed by atoms with Gasteiger partial charge in [0.2, 0.25) is 0 Å². The molecule has 0 saturated heterocycles. The van der Waals surface area contributed by atoms with Crippen LogP contribution in [-0.4, -0.2) is 15.0 Å². The number of hydrogen-bond acceptors (Lipinski definition) is 3. The first-order chi connectivity index (χ1) is 10.2. The van der Waals surface area contributed by atoms with E-state index in [1.165, 1.54) is 12.8 Å². The molecular formula is C16H11ClIN3. The molecule has 1 fully saturated rings. The lowest BCUT2D eigenvalue weighted by molar-refractivity contribution is 0.974. The van der Waals surface area contributed by atoms with Crippen molar-refractivity contribution in [1.82, 2.24) is 15.0 Å². The number of fused-ring (bicyclic) bond motifs is 1. The van der Waals surface area contributed by atoms with Gasteiger partial charge in [-0.3, -0.25) is 4.98 Å². The molecule has 3 nitrogen and oxygen atoms in total. The van der Waals surface area contributed by atoms with Crippen molar-refractivity contribution < 1.29 is 0 Å². The quantitative estimate of drug-likeness (QED) is 0.451. The summed E-state index contributed by atoms with van der Waals surface area (Å²) in [6.07, 6.45) is 4.17. The van der Waals surface area contributed by atoms with E-state index in [2.05, 4.69) is 38.6 Å². The van der Waals surface area contributed by atoms with Gasteiger partial charge < -0.3 is 0 Å². The average molecular weight is 408 g/mol. The van der Waals surface area contributed by atoms with Crippen LogP contribution < -0.4 is 0 Å². The van der Waals surface area contributed by atoms with Crippen LogP contribution in [0.1, 0.15) is 24.5 Å². The molecule has 0 atom stereocenters. The summed E-state index contributed by atoms with van der Waals surface area (Å²) in [5.41, 5.74) is 1.87. The van der Waals surface area contributed by atoms with Crippen LogP contribution in [0.3, 0.4) is 0 Å². The van der Waals surface area contributed by atoms with Gasteiger partial charge in [-0.05, 0) is 46.9 Å². The summed E-state index contributed by atoms with van der Waals surface area (Å²) >= 11 is 8.54. The molecular weight excluding hydrogens is 397 g/mol. The molecule has 0 unspecified atom stereocenters. The van der Waals surface area contributed by atoms with E-state index in [4.69, 9.17) is 16.6 Å². The average Bonchev–Trinajstić information content (AvgIpc) is 3.34. The van der Waals surface area contributed by atoms with Crippen molar-refractivity contribution in [1.29, 1.82) is 0 Å². The third-order valence-corrected chi connectivity index (χ3v) is 5.34.